The Morgan fingerprint density at radius 2 is 1.14 bits per heavy atom. The van der Waals surface area contributed by atoms with Crippen molar-refractivity contribution in [3.8, 4) is 24.7 Å². The van der Waals surface area contributed by atoms with E-state index in [-0.39, 0.29) is 0 Å². The maximum Gasteiger partial charge on any atom is 0.00861 e. The van der Waals surface area contributed by atoms with Gasteiger partial charge in [0, 0.05) is 12.8 Å². The highest BCUT2D eigenvalue weighted by molar-refractivity contribution is 4.86. The Morgan fingerprint density at radius 1 is 0.714 bits per heavy atom. The number of hydrogen-bond acceptors (Lipinski definition) is 0. The van der Waals surface area contributed by atoms with Gasteiger partial charge in [0.1, 0.15) is 0 Å². The second-order valence-corrected chi connectivity index (χ2v) is 3.37. The van der Waals surface area contributed by atoms with Gasteiger partial charge >= 0.3 is 0 Å². The fourth-order valence-corrected chi connectivity index (χ4v) is 1.21. The normalized spacial score (nSPS) is 9.86. The molecule has 76 valence electrons. The lowest BCUT2D eigenvalue weighted by Gasteiger charge is -1.93. The fourth-order valence-electron chi connectivity index (χ4n) is 1.21. The molecule has 14 heavy (non-hydrogen) atoms. The zero-order chi connectivity index (χ0) is 10.5. The molecule has 0 atom stereocenters. The minimum absolute atomic E-state index is 0.913. The second kappa shape index (κ2) is 11.9. The smallest absolute Gasteiger partial charge is 0.00861 e. The van der Waals surface area contributed by atoms with Crippen LogP contribution in [0.1, 0.15) is 51.4 Å². The van der Waals surface area contributed by atoms with Crippen LogP contribution in [0.5, 0.6) is 0 Å². The van der Waals surface area contributed by atoms with E-state index in [1.54, 1.807) is 0 Å². The van der Waals surface area contributed by atoms with E-state index in [1.807, 2.05) is 0 Å². The maximum absolute atomic E-state index is 5.15. The molecule has 0 heterocycles. The van der Waals surface area contributed by atoms with Crippen LogP contribution in [-0.4, -0.2) is 0 Å². The van der Waals surface area contributed by atoms with Crippen molar-refractivity contribution in [1.82, 2.24) is 0 Å². The van der Waals surface area contributed by atoms with Crippen LogP contribution in [-0.2, 0) is 0 Å². The SMILES string of the molecule is C#CCCCCC=CCCCCC#C. The number of terminal acetylenes is 2. The summed E-state index contributed by atoms with van der Waals surface area (Å²) in [6.07, 6.45) is 23.7. The van der Waals surface area contributed by atoms with Crippen molar-refractivity contribution in [3.05, 3.63) is 12.2 Å². The molecule has 0 saturated carbocycles. The Balaban J connectivity index is 3.05. The monoisotopic (exact) mass is 188 g/mol. The molecule has 0 aliphatic rings. The summed E-state index contributed by atoms with van der Waals surface area (Å²) in [6, 6.07) is 0. The van der Waals surface area contributed by atoms with Gasteiger partial charge in [-0.25, -0.2) is 0 Å². The summed E-state index contributed by atoms with van der Waals surface area (Å²) in [5, 5.41) is 0. The fraction of sp³-hybridized carbons (Fsp3) is 0.571. The van der Waals surface area contributed by atoms with Gasteiger partial charge in [-0.05, 0) is 38.5 Å². The summed E-state index contributed by atoms with van der Waals surface area (Å²) in [4.78, 5) is 0. The number of rotatable bonds is 8. The van der Waals surface area contributed by atoms with Gasteiger partial charge in [0.15, 0.2) is 0 Å². The van der Waals surface area contributed by atoms with Crippen LogP contribution in [0, 0.1) is 24.7 Å². The molecule has 0 aromatic carbocycles. The summed E-state index contributed by atoms with van der Waals surface area (Å²) in [5.74, 6) is 5.30. The van der Waals surface area contributed by atoms with Gasteiger partial charge < -0.3 is 0 Å². The summed E-state index contributed by atoms with van der Waals surface area (Å²) >= 11 is 0. The Hall–Kier alpha value is -1.14. The van der Waals surface area contributed by atoms with Crippen molar-refractivity contribution in [2.45, 2.75) is 51.4 Å². The highest BCUT2D eigenvalue weighted by Gasteiger charge is 1.84. The summed E-state index contributed by atoms with van der Waals surface area (Å²) < 4.78 is 0. The third-order valence-corrected chi connectivity index (χ3v) is 2.05. The van der Waals surface area contributed by atoms with Crippen molar-refractivity contribution in [2.75, 3.05) is 0 Å². The van der Waals surface area contributed by atoms with Crippen molar-refractivity contribution in [3.63, 3.8) is 0 Å². The summed E-state index contributed by atoms with van der Waals surface area (Å²) in [5.41, 5.74) is 0. The molecule has 0 unspecified atom stereocenters. The molecular weight excluding hydrogens is 168 g/mol. The first kappa shape index (κ1) is 12.9. The Labute approximate surface area is 88.8 Å². The molecule has 0 spiro atoms. The van der Waals surface area contributed by atoms with E-state index in [1.165, 1.54) is 12.8 Å². The minimum Gasteiger partial charge on any atom is -0.120 e. The van der Waals surface area contributed by atoms with Crippen molar-refractivity contribution in [2.24, 2.45) is 0 Å². The number of hydrogen-bond donors (Lipinski definition) is 0. The zero-order valence-corrected chi connectivity index (χ0v) is 8.97. The minimum atomic E-state index is 0.913. The second-order valence-electron chi connectivity index (χ2n) is 3.37. The van der Waals surface area contributed by atoms with E-state index in [4.69, 9.17) is 12.8 Å². The lowest BCUT2D eigenvalue weighted by Crippen LogP contribution is -1.74. The topological polar surface area (TPSA) is 0 Å². The zero-order valence-electron chi connectivity index (χ0n) is 8.97. The van der Waals surface area contributed by atoms with Crippen LogP contribution >= 0.6 is 0 Å². The molecule has 0 aromatic heterocycles. The van der Waals surface area contributed by atoms with Gasteiger partial charge in [0.05, 0.1) is 0 Å². The van der Waals surface area contributed by atoms with E-state index >= 15 is 0 Å². The van der Waals surface area contributed by atoms with Crippen LogP contribution in [0.4, 0.5) is 0 Å². The summed E-state index contributed by atoms with van der Waals surface area (Å²) in [7, 11) is 0. The molecule has 0 nitrogen and oxygen atoms in total. The van der Waals surface area contributed by atoms with Crippen LogP contribution in [0.2, 0.25) is 0 Å². The highest BCUT2D eigenvalue weighted by atomic mass is 13.9. The van der Waals surface area contributed by atoms with E-state index < -0.39 is 0 Å². The van der Waals surface area contributed by atoms with Gasteiger partial charge in [-0.1, -0.05) is 12.2 Å². The standard InChI is InChI=1S/C14H20/c1-3-5-7-9-11-13-14-12-10-8-6-4-2/h1-2,13-14H,5-12H2. The molecule has 0 rings (SSSR count). The Morgan fingerprint density at radius 3 is 1.50 bits per heavy atom. The Bertz CT molecular complexity index is 185. The van der Waals surface area contributed by atoms with Crippen LogP contribution in [0.3, 0.4) is 0 Å². The molecule has 0 N–H and O–H groups in total. The molecule has 0 radical (unpaired) electrons. The third kappa shape index (κ3) is 10.9. The number of allylic oxidation sites excluding steroid dienone is 2. The molecule has 0 fully saturated rings. The molecule has 0 bridgehead atoms. The van der Waals surface area contributed by atoms with Crippen LogP contribution < -0.4 is 0 Å². The molecular formula is C14H20. The quantitative estimate of drug-likeness (QED) is 0.307. The molecule has 0 saturated heterocycles. The van der Waals surface area contributed by atoms with E-state index in [9.17, 15) is 0 Å². The molecule has 0 heteroatoms. The average Bonchev–Trinajstić information content (AvgIpc) is 2.21. The van der Waals surface area contributed by atoms with Crippen molar-refractivity contribution >= 4 is 0 Å². The van der Waals surface area contributed by atoms with E-state index in [0.717, 1.165) is 38.5 Å². The first-order valence-corrected chi connectivity index (χ1v) is 5.43. The van der Waals surface area contributed by atoms with Gasteiger partial charge in [-0.3, -0.25) is 0 Å². The first-order chi connectivity index (χ1) is 6.91. The largest absolute Gasteiger partial charge is 0.120 e. The van der Waals surface area contributed by atoms with Gasteiger partial charge in [-0.15, -0.1) is 24.7 Å². The van der Waals surface area contributed by atoms with Crippen LogP contribution in [0.25, 0.3) is 0 Å². The molecule has 0 amide bonds. The van der Waals surface area contributed by atoms with E-state index in [2.05, 4.69) is 24.0 Å². The van der Waals surface area contributed by atoms with Crippen molar-refractivity contribution < 1.29 is 0 Å². The third-order valence-electron chi connectivity index (χ3n) is 2.05. The Kier molecular flexibility index (Phi) is 10.9. The molecule has 0 aromatic rings. The predicted molar refractivity (Wildman–Crippen MR) is 63.7 cm³/mol. The average molecular weight is 188 g/mol. The molecule has 0 aliphatic carbocycles. The van der Waals surface area contributed by atoms with Crippen LogP contribution in [0.15, 0.2) is 12.2 Å². The highest BCUT2D eigenvalue weighted by Crippen LogP contribution is 2.03. The van der Waals surface area contributed by atoms with Gasteiger partial charge in [0.2, 0.25) is 0 Å². The van der Waals surface area contributed by atoms with Crippen molar-refractivity contribution in [1.29, 1.82) is 0 Å². The van der Waals surface area contributed by atoms with Gasteiger partial charge in [-0.2, -0.15) is 0 Å². The number of unbranched alkanes of at least 4 members (excludes halogenated alkanes) is 6. The maximum atomic E-state index is 5.15. The molecule has 0 aliphatic heterocycles. The predicted octanol–water partition coefficient (Wildman–Crippen LogP) is 3.93. The first-order valence-electron chi connectivity index (χ1n) is 5.43. The van der Waals surface area contributed by atoms with E-state index in [0.29, 0.717) is 0 Å². The van der Waals surface area contributed by atoms with Gasteiger partial charge in [0.25, 0.3) is 0 Å². The summed E-state index contributed by atoms with van der Waals surface area (Å²) in [6.45, 7) is 0. The lowest BCUT2D eigenvalue weighted by molar-refractivity contribution is 0.754. The lowest BCUT2D eigenvalue weighted by atomic mass is 10.1.